The highest BCUT2D eigenvalue weighted by atomic mass is 32.1. The van der Waals surface area contributed by atoms with Gasteiger partial charge in [-0.15, -0.1) is 11.3 Å². The lowest BCUT2D eigenvalue weighted by Crippen LogP contribution is -1.83. The number of hydrogen-bond acceptors (Lipinski definition) is 4. The Kier molecular flexibility index (Phi) is 2.63. The molecule has 0 bridgehead atoms. The minimum Gasteiger partial charge on any atom is -0.261 e. The first kappa shape index (κ1) is 10.1. The largest absolute Gasteiger partial charge is 0.261 e. The Morgan fingerprint density at radius 1 is 0.941 bits per heavy atom. The number of aromatic nitrogens is 3. The van der Waals surface area contributed by atoms with E-state index < -0.39 is 0 Å². The Morgan fingerprint density at radius 3 is 2.59 bits per heavy atom. The molecule has 0 aliphatic heterocycles. The summed E-state index contributed by atoms with van der Waals surface area (Å²) in [5.41, 5.74) is 2.93. The van der Waals surface area contributed by atoms with E-state index in [1.807, 2.05) is 23.6 Å². The molecule has 1 aromatic carbocycles. The van der Waals surface area contributed by atoms with Gasteiger partial charge in [-0.05, 0) is 0 Å². The Hall–Kier alpha value is -2.07. The molecule has 0 N–H and O–H groups in total. The highest BCUT2D eigenvalue weighted by Gasteiger charge is 2.06. The SMILES string of the molecule is c1ccc(-c2csc(-c3cnccn3)n2)cc1. The van der Waals surface area contributed by atoms with Crippen molar-refractivity contribution >= 4 is 11.3 Å². The zero-order valence-corrected chi connectivity index (χ0v) is 9.76. The molecule has 0 saturated heterocycles. The van der Waals surface area contributed by atoms with Crippen molar-refractivity contribution in [3.8, 4) is 22.0 Å². The molecule has 0 aliphatic carbocycles. The van der Waals surface area contributed by atoms with Gasteiger partial charge in [-0.1, -0.05) is 30.3 Å². The molecule has 17 heavy (non-hydrogen) atoms. The van der Waals surface area contributed by atoms with Gasteiger partial charge in [0, 0.05) is 23.3 Å². The number of hydrogen-bond donors (Lipinski definition) is 0. The van der Waals surface area contributed by atoms with Crippen LogP contribution in [0.3, 0.4) is 0 Å². The summed E-state index contributed by atoms with van der Waals surface area (Å²) in [7, 11) is 0. The van der Waals surface area contributed by atoms with Gasteiger partial charge in [0.25, 0.3) is 0 Å². The molecule has 0 aliphatic rings. The second-order valence-corrected chi connectivity index (χ2v) is 4.35. The topological polar surface area (TPSA) is 38.7 Å². The molecule has 0 saturated carbocycles. The second kappa shape index (κ2) is 4.43. The van der Waals surface area contributed by atoms with E-state index >= 15 is 0 Å². The van der Waals surface area contributed by atoms with Crippen molar-refractivity contribution in [2.24, 2.45) is 0 Å². The third-order valence-corrected chi connectivity index (χ3v) is 3.22. The van der Waals surface area contributed by atoms with Gasteiger partial charge in [0.05, 0.1) is 11.9 Å². The molecule has 82 valence electrons. The third-order valence-electron chi connectivity index (χ3n) is 2.36. The predicted molar refractivity (Wildman–Crippen MR) is 68.6 cm³/mol. The average molecular weight is 239 g/mol. The van der Waals surface area contributed by atoms with Gasteiger partial charge in [-0.25, -0.2) is 4.98 Å². The number of nitrogens with zero attached hydrogens (tertiary/aromatic N) is 3. The van der Waals surface area contributed by atoms with Crippen LogP contribution < -0.4 is 0 Å². The molecular weight excluding hydrogens is 230 g/mol. The van der Waals surface area contributed by atoms with E-state index in [0.29, 0.717) is 0 Å². The first-order valence-corrected chi connectivity index (χ1v) is 6.09. The summed E-state index contributed by atoms with van der Waals surface area (Å²) < 4.78 is 0. The van der Waals surface area contributed by atoms with Gasteiger partial charge in [-0.3, -0.25) is 9.97 Å². The Bertz CT molecular complexity index is 551. The lowest BCUT2D eigenvalue weighted by atomic mass is 10.2. The smallest absolute Gasteiger partial charge is 0.144 e. The minimum atomic E-state index is 0.819. The maximum atomic E-state index is 4.57. The minimum absolute atomic E-state index is 0.819. The number of thiazole rings is 1. The monoisotopic (exact) mass is 239 g/mol. The molecule has 3 aromatic rings. The van der Waals surface area contributed by atoms with Crippen molar-refractivity contribution in [1.82, 2.24) is 15.0 Å². The molecule has 2 heterocycles. The maximum absolute atomic E-state index is 4.57. The van der Waals surface area contributed by atoms with Crippen LogP contribution in [-0.2, 0) is 0 Å². The standard InChI is InChI=1S/C13H9N3S/c1-2-4-10(5-3-1)12-9-17-13(16-12)11-8-14-6-7-15-11/h1-9H. The van der Waals surface area contributed by atoms with Crippen LogP contribution in [0.2, 0.25) is 0 Å². The lowest BCUT2D eigenvalue weighted by Gasteiger charge is -1.94. The van der Waals surface area contributed by atoms with E-state index in [1.54, 1.807) is 29.9 Å². The molecule has 0 atom stereocenters. The zero-order chi connectivity index (χ0) is 11.5. The van der Waals surface area contributed by atoms with Crippen LogP contribution >= 0.6 is 11.3 Å². The van der Waals surface area contributed by atoms with Crippen molar-refractivity contribution in [2.45, 2.75) is 0 Å². The average Bonchev–Trinajstić information content (AvgIpc) is 2.90. The Morgan fingerprint density at radius 2 is 1.82 bits per heavy atom. The summed E-state index contributed by atoms with van der Waals surface area (Å²) in [6.07, 6.45) is 5.07. The molecule has 4 heteroatoms. The molecule has 0 radical (unpaired) electrons. The summed E-state index contributed by atoms with van der Waals surface area (Å²) in [4.78, 5) is 12.9. The fourth-order valence-electron chi connectivity index (χ4n) is 1.54. The molecule has 0 spiro atoms. The van der Waals surface area contributed by atoms with Gasteiger partial charge in [0.2, 0.25) is 0 Å². The van der Waals surface area contributed by atoms with Crippen LogP contribution in [0.25, 0.3) is 22.0 Å². The normalized spacial score (nSPS) is 10.4. The van der Waals surface area contributed by atoms with Crippen LogP contribution in [-0.4, -0.2) is 15.0 Å². The van der Waals surface area contributed by atoms with Crippen molar-refractivity contribution < 1.29 is 0 Å². The first-order chi connectivity index (χ1) is 8.43. The molecule has 2 aromatic heterocycles. The molecule has 3 nitrogen and oxygen atoms in total. The molecule has 3 rings (SSSR count). The van der Waals surface area contributed by atoms with Crippen LogP contribution in [0.15, 0.2) is 54.3 Å². The van der Waals surface area contributed by atoms with Gasteiger partial charge in [0.15, 0.2) is 0 Å². The van der Waals surface area contributed by atoms with Crippen molar-refractivity contribution in [3.05, 3.63) is 54.3 Å². The molecule has 0 fully saturated rings. The fourth-order valence-corrected chi connectivity index (χ4v) is 2.33. The zero-order valence-electron chi connectivity index (χ0n) is 8.95. The first-order valence-electron chi connectivity index (χ1n) is 5.21. The highest BCUT2D eigenvalue weighted by molar-refractivity contribution is 7.13. The van der Waals surface area contributed by atoms with Crippen molar-refractivity contribution in [2.75, 3.05) is 0 Å². The molecule has 0 amide bonds. The summed E-state index contributed by atoms with van der Waals surface area (Å²) >= 11 is 1.58. The Labute approximate surface area is 103 Å². The van der Waals surface area contributed by atoms with Gasteiger partial charge in [-0.2, -0.15) is 0 Å². The maximum Gasteiger partial charge on any atom is 0.144 e. The van der Waals surface area contributed by atoms with E-state index in [0.717, 1.165) is 22.0 Å². The summed E-state index contributed by atoms with van der Waals surface area (Å²) in [6, 6.07) is 10.1. The van der Waals surface area contributed by atoms with Gasteiger partial charge < -0.3 is 0 Å². The van der Waals surface area contributed by atoms with Gasteiger partial charge >= 0.3 is 0 Å². The van der Waals surface area contributed by atoms with E-state index in [4.69, 9.17) is 0 Å². The van der Waals surface area contributed by atoms with Gasteiger partial charge in [0.1, 0.15) is 10.7 Å². The van der Waals surface area contributed by atoms with E-state index in [2.05, 4.69) is 27.1 Å². The third kappa shape index (κ3) is 2.07. The lowest BCUT2D eigenvalue weighted by molar-refractivity contribution is 1.19. The van der Waals surface area contributed by atoms with E-state index in [9.17, 15) is 0 Å². The van der Waals surface area contributed by atoms with Crippen molar-refractivity contribution in [1.29, 1.82) is 0 Å². The predicted octanol–water partition coefficient (Wildman–Crippen LogP) is 3.27. The van der Waals surface area contributed by atoms with Crippen molar-refractivity contribution in [3.63, 3.8) is 0 Å². The van der Waals surface area contributed by atoms with Crippen LogP contribution in [0.5, 0.6) is 0 Å². The quantitative estimate of drug-likeness (QED) is 0.689. The highest BCUT2D eigenvalue weighted by Crippen LogP contribution is 2.26. The number of rotatable bonds is 2. The summed E-state index contributed by atoms with van der Waals surface area (Å²) in [5, 5.41) is 2.94. The second-order valence-electron chi connectivity index (χ2n) is 3.49. The van der Waals surface area contributed by atoms with Crippen LogP contribution in [0.1, 0.15) is 0 Å². The fraction of sp³-hybridized carbons (Fsp3) is 0. The van der Waals surface area contributed by atoms with Crippen LogP contribution in [0, 0.1) is 0 Å². The van der Waals surface area contributed by atoms with E-state index in [1.165, 1.54) is 0 Å². The Balaban J connectivity index is 1.99. The van der Waals surface area contributed by atoms with E-state index in [-0.39, 0.29) is 0 Å². The van der Waals surface area contributed by atoms with Crippen LogP contribution in [0.4, 0.5) is 0 Å². The summed E-state index contributed by atoms with van der Waals surface area (Å²) in [6.45, 7) is 0. The molecule has 0 unspecified atom stereocenters. The number of benzene rings is 1. The molecular formula is C13H9N3S. The summed E-state index contributed by atoms with van der Waals surface area (Å²) in [5.74, 6) is 0.